The SMILES string of the molecule is CCc1nc(C(C)CC)nc(Cl)c1I. The minimum atomic E-state index is 0.384. The van der Waals surface area contributed by atoms with Gasteiger partial charge < -0.3 is 0 Å². The van der Waals surface area contributed by atoms with Crippen molar-refractivity contribution in [2.45, 2.75) is 39.5 Å². The molecular weight excluding hydrogens is 310 g/mol. The molecule has 0 amide bonds. The van der Waals surface area contributed by atoms with Crippen LogP contribution < -0.4 is 0 Å². The summed E-state index contributed by atoms with van der Waals surface area (Å²) in [7, 11) is 0. The summed E-state index contributed by atoms with van der Waals surface area (Å²) in [6, 6.07) is 0. The van der Waals surface area contributed by atoms with Crippen molar-refractivity contribution in [2.24, 2.45) is 0 Å². The summed E-state index contributed by atoms with van der Waals surface area (Å²) in [5.41, 5.74) is 1.06. The summed E-state index contributed by atoms with van der Waals surface area (Å²) >= 11 is 8.24. The Bertz CT molecular complexity index is 328. The van der Waals surface area contributed by atoms with Crippen molar-refractivity contribution in [3.8, 4) is 0 Å². The molecule has 0 radical (unpaired) electrons. The lowest BCUT2D eigenvalue weighted by Crippen LogP contribution is -2.05. The maximum Gasteiger partial charge on any atom is 0.146 e. The second kappa shape index (κ2) is 5.26. The highest BCUT2D eigenvalue weighted by molar-refractivity contribution is 14.1. The van der Waals surface area contributed by atoms with Gasteiger partial charge in [0.15, 0.2) is 0 Å². The third-order valence-corrected chi connectivity index (χ3v) is 4.01. The van der Waals surface area contributed by atoms with Gasteiger partial charge in [-0.2, -0.15) is 0 Å². The highest BCUT2D eigenvalue weighted by Crippen LogP contribution is 2.23. The van der Waals surface area contributed by atoms with E-state index in [2.05, 4.69) is 53.3 Å². The van der Waals surface area contributed by atoms with E-state index in [0.717, 1.165) is 27.9 Å². The van der Waals surface area contributed by atoms with Gasteiger partial charge in [-0.1, -0.05) is 32.4 Å². The molecule has 0 saturated carbocycles. The molecule has 0 aliphatic carbocycles. The molecule has 0 aromatic carbocycles. The van der Waals surface area contributed by atoms with Crippen molar-refractivity contribution in [1.29, 1.82) is 0 Å². The van der Waals surface area contributed by atoms with Crippen LogP contribution in [0.15, 0.2) is 0 Å². The smallest absolute Gasteiger partial charge is 0.146 e. The van der Waals surface area contributed by atoms with Crippen LogP contribution in [-0.4, -0.2) is 9.97 Å². The van der Waals surface area contributed by atoms with Crippen molar-refractivity contribution >= 4 is 34.2 Å². The fourth-order valence-electron chi connectivity index (χ4n) is 1.12. The quantitative estimate of drug-likeness (QED) is 0.624. The van der Waals surface area contributed by atoms with Gasteiger partial charge in [0.2, 0.25) is 0 Å². The van der Waals surface area contributed by atoms with Gasteiger partial charge in [0, 0.05) is 5.92 Å². The third kappa shape index (κ3) is 2.57. The predicted molar refractivity (Wildman–Crippen MR) is 67.8 cm³/mol. The fraction of sp³-hybridized carbons (Fsp3) is 0.600. The Kier molecular flexibility index (Phi) is 4.57. The van der Waals surface area contributed by atoms with Crippen LogP contribution in [0, 0.1) is 3.57 Å². The first-order valence-electron chi connectivity index (χ1n) is 4.81. The Hall–Kier alpha value is 0.100. The second-order valence-electron chi connectivity index (χ2n) is 3.30. The van der Waals surface area contributed by atoms with Crippen molar-refractivity contribution in [2.75, 3.05) is 0 Å². The molecule has 0 fully saturated rings. The highest BCUT2D eigenvalue weighted by Gasteiger charge is 2.12. The number of halogens is 2. The van der Waals surface area contributed by atoms with Crippen molar-refractivity contribution in [1.82, 2.24) is 9.97 Å². The first-order valence-corrected chi connectivity index (χ1v) is 6.27. The van der Waals surface area contributed by atoms with Crippen LogP contribution >= 0.6 is 34.2 Å². The molecule has 1 rings (SSSR count). The minimum absolute atomic E-state index is 0.384. The van der Waals surface area contributed by atoms with E-state index in [1.807, 2.05) is 0 Å². The first kappa shape index (κ1) is 12.2. The standard InChI is InChI=1S/C10H14ClIN2/c1-4-6(3)10-13-7(5-2)8(12)9(11)14-10/h6H,4-5H2,1-3H3. The molecule has 1 aromatic heterocycles. The average molecular weight is 325 g/mol. The van der Waals surface area contributed by atoms with Gasteiger partial charge in [0.1, 0.15) is 11.0 Å². The van der Waals surface area contributed by atoms with Crippen LogP contribution in [0.1, 0.15) is 44.6 Å². The molecule has 0 aliphatic rings. The largest absolute Gasteiger partial charge is 0.236 e. The summed E-state index contributed by atoms with van der Waals surface area (Å²) in [6.07, 6.45) is 1.95. The Labute approximate surface area is 104 Å². The second-order valence-corrected chi connectivity index (χ2v) is 4.73. The van der Waals surface area contributed by atoms with E-state index in [1.165, 1.54) is 0 Å². The normalized spacial score (nSPS) is 12.9. The van der Waals surface area contributed by atoms with Crippen molar-refractivity contribution < 1.29 is 0 Å². The first-order chi connectivity index (χ1) is 6.60. The van der Waals surface area contributed by atoms with Crippen LogP contribution in [0.3, 0.4) is 0 Å². The monoisotopic (exact) mass is 324 g/mol. The molecule has 0 aliphatic heterocycles. The summed E-state index contributed by atoms with van der Waals surface area (Å²) in [6.45, 7) is 6.34. The number of hydrogen-bond acceptors (Lipinski definition) is 2. The van der Waals surface area contributed by atoms with Gasteiger partial charge in [0.05, 0.1) is 9.26 Å². The predicted octanol–water partition coefficient (Wildman–Crippen LogP) is 3.81. The van der Waals surface area contributed by atoms with Crippen molar-refractivity contribution in [3.05, 3.63) is 20.2 Å². The minimum Gasteiger partial charge on any atom is -0.236 e. The summed E-state index contributed by atoms with van der Waals surface area (Å²) in [5.74, 6) is 1.25. The summed E-state index contributed by atoms with van der Waals surface area (Å²) in [5, 5.41) is 0.591. The summed E-state index contributed by atoms with van der Waals surface area (Å²) in [4.78, 5) is 8.82. The fourth-order valence-corrected chi connectivity index (χ4v) is 1.94. The summed E-state index contributed by atoms with van der Waals surface area (Å²) < 4.78 is 0.985. The number of nitrogens with zero attached hydrogens (tertiary/aromatic N) is 2. The Balaban J connectivity index is 3.16. The Morgan fingerprint density at radius 1 is 1.36 bits per heavy atom. The molecule has 0 spiro atoms. The molecule has 1 heterocycles. The van der Waals surface area contributed by atoms with Gasteiger partial charge in [-0.25, -0.2) is 9.97 Å². The van der Waals surface area contributed by atoms with Crippen LogP contribution in [0.25, 0.3) is 0 Å². The maximum absolute atomic E-state index is 6.04. The molecule has 0 bridgehead atoms. The molecular formula is C10H14ClIN2. The van der Waals surface area contributed by atoms with Crippen LogP contribution in [-0.2, 0) is 6.42 Å². The van der Waals surface area contributed by atoms with Gasteiger partial charge >= 0.3 is 0 Å². The van der Waals surface area contributed by atoms with Crippen LogP contribution in [0.4, 0.5) is 0 Å². The molecule has 1 atom stereocenters. The van der Waals surface area contributed by atoms with Gasteiger partial charge in [-0.3, -0.25) is 0 Å². The zero-order valence-corrected chi connectivity index (χ0v) is 11.6. The van der Waals surface area contributed by atoms with E-state index in [-0.39, 0.29) is 0 Å². The zero-order valence-electron chi connectivity index (χ0n) is 8.64. The lowest BCUT2D eigenvalue weighted by atomic mass is 10.1. The molecule has 1 aromatic rings. The average Bonchev–Trinajstić information content (AvgIpc) is 2.20. The van der Waals surface area contributed by atoms with Crippen LogP contribution in [0.2, 0.25) is 5.15 Å². The van der Waals surface area contributed by atoms with E-state index in [1.54, 1.807) is 0 Å². The molecule has 4 heteroatoms. The van der Waals surface area contributed by atoms with E-state index in [0.29, 0.717) is 11.1 Å². The van der Waals surface area contributed by atoms with Crippen molar-refractivity contribution in [3.63, 3.8) is 0 Å². The zero-order chi connectivity index (χ0) is 10.7. The molecule has 2 nitrogen and oxygen atoms in total. The molecule has 0 N–H and O–H groups in total. The van der Waals surface area contributed by atoms with Gasteiger partial charge in [0.25, 0.3) is 0 Å². The molecule has 0 saturated heterocycles. The van der Waals surface area contributed by atoms with Crippen LogP contribution in [0.5, 0.6) is 0 Å². The molecule has 78 valence electrons. The van der Waals surface area contributed by atoms with Gasteiger partial charge in [-0.15, -0.1) is 0 Å². The Morgan fingerprint density at radius 2 is 2.00 bits per heavy atom. The van der Waals surface area contributed by atoms with Gasteiger partial charge in [-0.05, 0) is 35.4 Å². The topological polar surface area (TPSA) is 25.8 Å². The number of rotatable bonds is 3. The molecule has 14 heavy (non-hydrogen) atoms. The lowest BCUT2D eigenvalue weighted by Gasteiger charge is -2.10. The number of hydrogen-bond donors (Lipinski definition) is 0. The number of aromatic nitrogens is 2. The van der Waals surface area contributed by atoms with E-state index in [4.69, 9.17) is 11.6 Å². The third-order valence-electron chi connectivity index (χ3n) is 2.28. The highest BCUT2D eigenvalue weighted by atomic mass is 127. The lowest BCUT2D eigenvalue weighted by molar-refractivity contribution is 0.669. The number of aryl methyl sites for hydroxylation is 1. The maximum atomic E-state index is 6.04. The van der Waals surface area contributed by atoms with E-state index >= 15 is 0 Å². The van der Waals surface area contributed by atoms with E-state index in [9.17, 15) is 0 Å². The Morgan fingerprint density at radius 3 is 2.50 bits per heavy atom. The van der Waals surface area contributed by atoms with E-state index < -0.39 is 0 Å². The molecule has 1 unspecified atom stereocenters.